The smallest absolute Gasteiger partial charge is 0.262 e. The van der Waals surface area contributed by atoms with E-state index in [1.165, 1.54) is 24.4 Å². The van der Waals surface area contributed by atoms with E-state index in [1.54, 1.807) is 30.3 Å². The van der Waals surface area contributed by atoms with Crippen molar-refractivity contribution in [2.75, 3.05) is 30.1 Å². The fraction of sp³-hybridized carbons (Fsp3) is 0.167. The number of ether oxygens (including phenoxy) is 2. The predicted molar refractivity (Wildman–Crippen MR) is 124 cm³/mol. The molecule has 0 radical (unpaired) electrons. The number of benzene rings is 3. The molecule has 160 valence electrons. The van der Waals surface area contributed by atoms with E-state index in [1.807, 2.05) is 49.4 Å². The van der Waals surface area contributed by atoms with Crippen molar-refractivity contribution >= 4 is 35.0 Å². The Morgan fingerprint density at radius 1 is 0.903 bits per heavy atom. The fourth-order valence-electron chi connectivity index (χ4n) is 2.70. The van der Waals surface area contributed by atoms with E-state index >= 15 is 0 Å². The molecule has 0 atom stereocenters. The monoisotopic (exact) mass is 436 g/mol. The number of carbonyl (C=O) groups excluding carboxylic acids is 2. The molecule has 3 aromatic rings. The average Bonchev–Trinajstić information content (AvgIpc) is 2.79. The third-order valence-electron chi connectivity index (χ3n) is 4.26. The number of aryl methyl sites for hydroxylation is 1. The van der Waals surface area contributed by atoms with Gasteiger partial charge in [-0.2, -0.15) is 0 Å². The molecule has 0 bridgehead atoms. The van der Waals surface area contributed by atoms with Crippen LogP contribution in [0.5, 0.6) is 11.5 Å². The van der Waals surface area contributed by atoms with Crippen molar-refractivity contribution in [3.63, 3.8) is 0 Å². The maximum atomic E-state index is 12.3. The van der Waals surface area contributed by atoms with Gasteiger partial charge in [0.1, 0.15) is 11.5 Å². The van der Waals surface area contributed by atoms with Crippen LogP contribution in [0.15, 0.2) is 77.7 Å². The van der Waals surface area contributed by atoms with Crippen LogP contribution in [0.25, 0.3) is 0 Å². The molecule has 3 aromatic carbocycles. The summed E-state index contributed by atoms with van der Waals surface area (Å²) >= 11 is 1.47. The molecule has 0 fully saturated rings. The molecule has 31 heavy (non-hydrogen) atoms. The van der Waals surface area contributed by atoms with Crippen molar-refractivity contribution in [1.29, 1.82) is 0 Å². The maximum absolute atomic E-state index is 12.3. The predicted octanol–water partition coefficient (Wildman–Crippen LogP) is 4.75. The zero-order chi connectivity index (χ0) is 22.1. The minimum Gasteiger partial charge on any atom is -0.494 e. The minimum absolute atomic E-state index is 0.123. The summed E-state index contributed by atoms with van der Waals surface area (Å²) in [5, 5.41) is 5.61. The molecule has 0 heterocycles. The van der Waals surface area contributed by atoms with Gasteiger partial charge >= 0.3 is 0 Å². The number of rotatable bonds is 9. The van der Waals surface area contributed by atoms with Crippen LogP contribution in [0.2, 0.25) is 0 Å². The molecule has 0 aliphatic carbocycles. The molecule has 0 saturated carbocycles. The summed E-state index contributed by atoms with van der Waals surface area (Å²) in [7, 11) is 1.50. The lowest BCUT2D eigenvalue weighted by Crippen LogP contribution is -2.20. The molecule has 0 spiro atoms. The van der Waals surface area contributed by atoms with E-state index in [4.69, 9.17) is 9.47 Å². The molecule has 7 heteroatoms. The highest BCUT2D eigenvalue weighted by Crippen LogP contribution is 2.28. The highest BCUT2D eigenvalue weighted by molar-refractivity contribution is 8.00. The van der Waals surface area contributed by atoms with Crippen molar-refractivity contribution < 1.29 is 19.1 Å². The van der Waals surface area contributed by atoms with Crippen molar-refractivity contribution in [1.82, 2.24) is 0 Å². The van der Waals surface area contributed by atoms with Crippen LogP contribution in [-0.2, 0) is 9.59 Å². The van der Waals surface area contributed by atoms with E-state index in [0.29, 0.717) is 28.6 Å². The van der Waals surface area contributed by atoms with Crippen LogP contribution in [-0.4, -0.2) is 31.3 Å². The van der Waals surface area contributed by atoms with Crippen molar-refractivity contribution in [3.8, 4) is 11.5 Å². The Hall–Kier alpha value is -3.45. The second-order valence-corrected chi connectivity index (χ2v) is 7.76. The van der Waals surface area contributed by atoms with E-state index in [0.717, 1.165) is 4.90 Å². The first-order chi connectivity index (χ1) is 15.0. The Balaban J connectivity index is 1.53. The molecule has 0 saturated heterocycles. The molecule has 6 nitrogen and oxygen atoms in total. The summed E-state index contributed by atoms with van der Waals surface area (Å²) in [5.41, 5.74) is 2.26. The van der Waals surface area contributed by atoms with Crippen LogP contribution in [0.1, 0.15) is 5.56 Å². The summed E-state index contributed by atoms with van der Waals surface area (Å²) in [6, 6.07) is 22.2. The van der Waals surface area contributed by atoms with Gasteiger partial charge in [-0.1, -0.05) is 35.9 Å². The highest BCUT2D eigenvalue weighted by Gasteiger charge is 2.11. The molecular formula is C24H24N2O4S. The topological polar surface area (TPSA) is 76.7 Å². The Morgan fingerprint density at radius 2 is 1.65 bits per heavy atom. The van der Waals surface area contributed by atoms with Crippen LogP contribution in [0.4, 0.5) is 11.4 Å². The van der Waals surface area contributed by atoms with E-state index < -0.39 is 0 Å². The Bertz CT molecular complexity index is 1020. The number of hydrogen-bond acceptors (Lipinski definition) is 5. The molecule has 0 unspecified atom stereocenters. The molecule has 2 N–H and O–H groups in total. The number of anilines is 2. The van der Waals surface area contributed by atoms with Gasteiger partial charge in [-0.25, -0.2) is 0 Å². The Morgan fingerprint density at radius 3 is 2.35 bits per heavy atom. The van der Waals surface area contributed by atoms with Gasteiger partial charge < -0.3 is 20.1 Å². The number of thioether (sulfide) groups is 1. The lowest BCUT2D eigenvalue weighted by Gasteiger charge is -2.13. The quantitative estimate of drug-likeness (QED) is 0.473. The lowest BCUT2D eigenvalue weighted by atomic mass is 10.2. The fourth-order valence-corrected chi connectivity index (χ4v) is 3.40. The first-order valence-corrected chi connectivity index (χ1v) is 10.7. The summed E-state index contributed by atoms with van der Waals surface area (Å²) in [6.45, 7) is 1.90. The van der Waals surface area contributed by atoms with Crippen molar-refractivity contribution in [3.05, 3.63) is 78.4 Å². The van der Waals surface area contributed by atoms with Crippen LogP contribution < -0.4 is 20.1 Å². The molecular weight excluding hydrogens is 412 g/mol. The lowest BCUT2D eigenvalue weighted by molar-refractivity contribution is -0.118. The van der Waals surface area contributed by atoms with Gasteiger partial charge in [-0.05, 0) is 43.3 Å². The summed E-state index contributed by atoms with van der Waals surface area (Å²) in [5.74, 6) is 0.915. The van der Waals surface area contributed by atoms with E-state index in [9.17, 15) is 9.59 Å². The Labute approximate surface area is 186 Å². The van der Waals surface area contributed by atoms with Crippen LogP contribution in [0, 0.1) is 6.92 Å². The largest absolute Gasteiger partial charge is 0.494 e. The summed E-state index contributed by atoms with van der Waals surface area (Å²) in [6.07, 6.45) is 0. The second-order valence-electron chi connectivity index (χ2n) is 6.71. The number of carbonyl (C=O) groups is 2. The van der Waals surface area contributed by atoms with Gasteiger partial charge in [-0.15, -0.1) is 11.8 Å². The van der Waals surface area contributed by atoms with Gasteiger partial charge in [0.25, 0.3) is 5.91 Å². The SMILES string of the molecule is COc1cc(NC(=O)CSc2ccc(C)cc2)ccc1NC(=O)COc1ccccc1. The number of amides is 2. The van der Waals surface area contributed by atoms with Crippen molar-refractivity contribution in [2.24, 2.45) is 0 Å². The first kappa shape index (κ1) is 22.2. The van der Waals surface area contributed by atoms with Crippen LogP contribution >= 0.6 is 11.8 Å². The number of nitrogens with one attached hydrogen (secondary N) is 2. The van der Waals surface area contributed by atoms with E-state index in [2.05, 4.69) is 10.6 Å². The minimum atomic E-state index is -0.312. The van der Waals surface area contributed by atoms with Gasteiger partial charge in [-0.3, -0.25) is 9.59 Å². The van der Waals surface area contributed by atoms with Crippen LogP contribution in [0.3, 0.4) is 0 Å². The normalized spacial score (nSPS) is 10.3. The summed E-state index contributed by atoms with van der Waals surface area (Å²) in [4.78, 5) is 25.5. The van der Waals surface area contributed by atoms with Gasteiger partial charge in [0.05, 0.1) is 18.6 Å². The number of hydrogen-bond donors (Lipinski definition) is 2. The third-order valence-corrected chi connectivity index (χ3v) is 5.28. The average molecular weight is 437 g/mol. The second kappa shape index (κ2) is 11.1. The molecule has 0 aromatic heterocycles. The zero-order valence-electron chi connectivity index (χ0n) is 17.4. The third kappa shape index (κ3) is 7.08. The first-order valence-electron chi connectivity index (χ1n) is 9.68. The molecule has 3 rings (SSSR count). The molecule has 0 aliphatic rings. The zero-order valence-corrected chi connectivity index (χ0v) is 18.2. The summed E-state index contributed by atoms with van der Waals surface area (Å²) < 4.78 is 10.8. The maximum Gasteiger partial charge on any atom is 0.262 e. The standard InChI is InChI=1S/C24H24N2O4S/c1-17-8-11-20(12-9-17)31-16-24(28)25-18-10-13-21(22(14-18)29-2)26-23(27)15-30-19-6-4-3-5-7-19/h3-14H,15-16H2,1-2H3,(H,25,28)(H,26,27). The van der Waals surface area contributed by atoms with Gasteiger partial charge in [0.15, 0.2) is 6.61 Å². The van der Waals surface area contributed by atoms with Crippen molar-refractivity contribution in [2.45, 2.75) is 11.8 Å². The Kier molecular flexibility index (Phi) is 7.95. The van der Waals surface area contributed by atoms with Gasteiger partial charge in [0, 0.05) is 16.6 Å². The van der Waals surface area contributed by atoms with Gasteiger partial charge in [0.2, 0.25) is 5.91 Å². The highest BCUT2D eigenvalue weighted by atomic mass is 32.2. The number of para-hydroxylation sites is 1. The van der Waals surface area contributed by atoms with E-state index in [-0.39, 0.29) is 18.4 Å². The molecule has 2 amide bonds. The number of methoxy groups -OCH3 is 1. The molecule has 0 aliphatic heterocycles.